The molecule has 0 unspecified atom stereocenters. The molecule has 1 atom stereocenters. The molecule has 0 bridgehead atoms. The number of hydrogen-bond acceptors (Lipinski definition) is 4. The second-order valence-corrected chi connectivity index (χ2v) is 9.88. The molecule has 1 aliphatic rings. The van der Waals surface area contributed by atoms with E-state index in [2.05, 4.69) is 10.0 Å². The van der Waals surface area contributed by atoms with E-state index in [1.54, 1.807) is 48.2 Å². The third-order valence-corrected chi connectivity index (χ3v) is 7.29. The summed E-state index contributed by atoms with van der Waals surface area (Å²) in [6.45, 7) is 4.22. The van der Waals surface area contributed by atoms with Crippen molar-refractivity contribution < 1.29 is 18.0 Å². The molecular formula is C26H27N3O4S. The number of benzene rings is 3. The summed E-state index contributed by atoms with van der Waals surface area (Å²) >= 11 is 0. The fourth-order valence-electron chi connectivity index (χ4n) is 4.07. The number of fused-ring (bicyclic) bond motifs is 1. The quantitative estimate of drug-likeness (QED) is 0.531. The van der Waals surface area contributed by atoms with Gasteiger partial charge in [-0.05, 0) is 54.8 Å². The summed E-state index contributed by atoms with van der Waals surface area (Å²) in [5.41, 5.74) is 2.94. The number of carbonyl (C=O) groups excluding carboxylic acids is 2. The van der Waals surface area contributed by atoms with Crippen LogP contribution in [0, 0.1) is 0 Å². The summed E-state index contributed by atoms with van der Waals surface area (Å²) in [5, 5.41) is 2.92. The Morgan fingerprint density at radius 3 is 2.44 bits per heavy atom. The molecular weight excluding hydrogens is 450 g/mol. The second-order valence-electron chi connectivity index (χ2n) is 8.20. The summed E-state index contributed by atoms with van der Waals surface area (Å²) in [7, 11) is -3.95. The molecule has 0 fully saturated rings. The molecule has 176 valence electrons. The number of rotatable bonds is 7. The van der Waals surface area contributed by atoms with E-state index in [0.29, 0.717) is 19.4 Å². The third-order valence-electron chi connectivity index (χ3n) is 5.92. The lowest BCUT2D eigenvalue weighted by Crippen LogP contribution is -2.28. The van der Waals surface area contributed by atoms with Crippen molar-refractivity contribution in [2.24, 2.45) is 0 Å². The lowest BCUT2D eigenvalue weighted by molar-refractivity contribution is -0.118. The average Bonchev–Trinajstić information content (AvgIpc) is 3.27. The number of nitrogens with zero attached hydrogens (tertiary/aromatic N) is 1. The van der Waals surface area contributed by atoms with Crippen LogP contribution in [0.3, 0.4) is 0 Å². The highest BCUT2D eigenvalue weighted by atomic mass is 32.2. The van der Waals surface area contributed by atoms with Gasteiger partial charge in [0.15, 0.2) is 0 Å². The van der Waals surface area contributed by atoms with Crippen LogP contribution >= 0.6 is 0 Å². The number of hydrogen-bond donors (Lipinski definition) is 2. The molecule has 0 aromatic heterocycles. The van der Waals surface area contributed by atoms with Gasteiger partial charge >= 0.3 is 0 Å². The molecule has 8 heteroatoms. The SMILES string of the molecule is CCC(=O)N1CCc2cc(S(=O)(=O)Nc3ccccc3C(=O)N[C@@H](C)c3ccccc3)ccc21. The van der Waals surface area contributed by atoms with Crippen molar-refractivity contribution in [2.75, 3.05) is 16.2 Å². The lowest BCUT2D eigenvalue weighted by atomic mass is 10.1. The van der Waals surface area contributed by atoms with Crippen LogP contribution in [0.2, 0.25) is 0 Å². The number of amides is 2. The molecule has 3 aromatic carbocycles. The standard InChI is InChI=1S/C26H27N3O4S/c1-3-25(30)29-16-15-20-17-21(13-14-24(20)29)34(32,33)28-23-12-8-7-11-22(23)26(31)27-18(2)19-9-5-4-6-10-19/h4-14,17-18,28H,3,15-16H2,1-2H3,(H,27,31)/t18-/m0/s1. The fourth-order valence-corrected chi connectivity index (χ4v) is 5.20. The van der Waals surface area contributed by atoms with E-state index >= 15 is 0 Å². The molecule has 0 saturated carbocycles. The number of sulfonamides is 1. The van der Waals surface area contributed by atoms with Crippen LogP contribution in [-0.2, 0) is 21.2 Å². The Bertz CT molecular complexity index is 1320. The molecule has 0 radical (unpaired) electrons. The topological polar surface area (TPSA) is 95.6 Å². The van der Waals surface area contributed by atoms with Crippen molar-refractivity contribution >= 4 is 33.2 Å². The van der Waals surface area contributed by atoms with Crippen LogP contribution in [0.15, 0.2) is 77.7 Å². The van der Waals surface area contributed by atoms with Gasteiger partial charge in [-0.1, -0.05) is 49.4 Å². The molecule has 34 heavy (non-hydrogen) atoms. The Morgan fingerprint density at radius 2 is 1.71 bits per heavy atom. The van der Waals surface area contributed by atoms with E-state index in [0.717, 1.165) is 16.8 Å². The average molecular weight is 478 g/mol. The minimum absolute atomic E-state index is 0.0113. The van der Waals surface area contributed by atoms with E-state index in [4.69, 9.17) is 0 Å². The maximum atomic E-state index is 13.2. The minimum Gasteiger partial charge on any atom is -0.345 e. The van der Waals surface area contributed by atoms with Crippen molar-refractivity contribution in [2.45, 2.75) is 37.6 Å². The zero-order chi connectivity index (χ0) is 24.3. The van der Waals surface area contributed by atoms with Gasteiger partial charge < -0.3 is 10.2 Å². The van der Waals surface area contributed by atoms with E-state index < -0.39 is 10.0 Å². The van der Waals surface area contributed by atoms with Crippen molar-refractivity contribution in [1.29, 1.82) is 0 Å². The molecule has 3 aromatic rings. The van der Waals surface area contributed by atoms with Gasteiger partial charge in [-0.15, -0.1) is 0 Å². The first-order chi connectivity index (χ1) is 16.3. The predicted molar refractivity (Wildman–Crippen MR) is 132 cm³/mol. The van der Waals surface area contributed by atoms with E-state index in [-0.39, 0.29) is 34.0 Å². The van der Waals surface area contributed by atoms with Gasteiger partial charge in [0, 0.05) is 18.7 Å². The van der Waals surface area contributed by atoms with Gasteiger partial charge in [0.1, 0.15) is 0 Å². The fraction of sp³-hybridized carbons (Fsp3) is 0.231. The first kappa shape index (κ1) is 23.5. The third kappa shape index (κ3) is 4.82. The van der Waals surface area contributed by atoms with E-state index in [1.165, 1.54) is 6.07 Å². The summed E-state index contributed by atoms with van der Waals surface area (Å²) in [6, 6.07) is 20.6. The van der Waals surface area contributed by atoms with Crippen LogP contribution < -0.4 is 14.9 Å². The van der Waals surface area contributed by atoms with Crippen LogP contribution in [0.1, 0.15) is 47.8 Å². The van der Waals surface area contributed by atoms with E-state index in [9.17, 15) is 18.0 Å². The van der Waals surface area contributed by atoms with Crippen LogP contribution in [0.5, 0.6) is 0 Å². The monoisotopic (exact) mass is 477 g/mol. The number of nitrogens with one attached hydrogen (secondary N) is 2. The largest absolute Gasteiger partial charge is 0.345 e. The summed E-state index contributed by atoms with van der Waals surface area (Å²) < 4.78 is 28.9. The maximum Gasteiger partial charge on any atom is 0.261 e. The summed E-state index contributed by atoms with van der Waals surface area (Å²) in [6.07, 6.45) is 0.990. The van der Waals surface area contributed by atoms with Crippen molar-refractivity contribution in [3.05, 3.63) is 89.5 Å². The predicted octanol–water partition coefficient (Wildman–Crippen LogP) is 4.28. The van der Waals surface area contributed by atoms with Gasteiger partial charge in [0.05, 0.1) is 22.2 Å². The van der Waals surface area contributed by atoms with Gasteiger partial charge in [-0.3, -0.25) is 14.3 Å². The minimum atomic E-state index is -3.95. The lowest BCUT2D eigenvalue weighted by Gasteiger charge is -2.18. The maximum absolute atomic E-state index is 13.2. The van der Waals surface area contributed by atoms with Crippen molar-refractivity contribution in [3.63, 3.8) is 0 Å². The molecule has 2 N–H and O–H groups in total. The summed E-state index contributed by atoms with van der Waals surface area (Å²) in [5.74, 6) is -0.366. The zero-order valence-electron chi connectivity index (χ0n) is 19.1. The molecule has 4 rings (SSSR count). The Morgan fingerprint density at radius 1 is 1.00 bits per heavy atom. The van der Waals surface area contributed by atoms with Crippen LogP contribution in [0.4, 0.5) is 11.4 Å². The molecule has 0 aliphatic carbocycles. The molecule has 1 heterocycles. The Kier molecular flexibility index (Phi) is 6.70. The highest BCUT2D eigenvalue weighted by molar-refractivity contribution is 7.92. The zero-order valence-corrected chi connectivity index (χ0v) is 19.9. The van der Waals surface area contributed by atoms with Gasteiger partial charge in [-0.25, -0.2) is 8.42 Å². The molecule has 2 amide bonds. The Hall–Kier alpha value is -3.65. The van der Waals surface area contributed by atoms with E-state index in [1.807, 2.05) is 37.3 Å². The van der Waals surface area contributed by atoms with Gasteiger partial charge in [0.2, 0.25) is 5.91 Å². The van der Waals surface area contributed by atoms with Gasteiger partial charge in [0.25, 0.3) is 15.9 Å². The Labute approximate surface area is 199 Å². The second kappa shape index (κ2) is 9.69. The smallest absolute Gasteiger partial charge is 0.261 e. The van der Waals surface area contributed by atoms with Gasteiger partial charge in [-0.2, -0.15) is 0 Å². The van der Waals surface area contributed by atoms with Crippen molar-refractivity contribution in [1.82, 2.24) is 5.32 Å². The Balaban J connectivity index is 1.55. The molecule has 0 spiro atoms. The number of anilines is 2. The van der Waals surface area contributed by atoms with Crippen molar-refractivity contribution in [3.8, 4) is 0 Å². The molecule has 1 aliphatic heterocycles. The highest BCUT2D eigenvalue weighted by Crippen LogP contribution is 2.31. The number of carbonyl (C=O) groups is 2. The molecule has 0 saturated heterocycles. The first-order valence-electron chi connectivity index (χ1n) is 11.2. The first-order valence-corrected chi connectivity index (χ1v) is 12.7. The number of para-hydroxylation sites is 1. The summed E-state index contributed by atoms with van der Waals surface area (Å²) in [4.78, 5) is 26.9. The van der Waals surface area contributed by atoms with Crippen LogP contribution in [-0.4, -0.2) is 26.8 Å². The normalized spacial score (nSPS) is 13.8. The molecule has 7 nitrogen and oxygen atoms in total. The highest BCUT2D eigenvalue weighted by Gasteiger charge is 2.26. The van der Waals surface area contributed by atoms with Crippen LogP contribution in [0.25, 0.3) is 0 Å².